The van der Waals surface area contributed by atoms with Crippen LogP contribution in [0.2, 0.25) is 0 Å². The SMILES string of the molecule is COc1cccc(CC(=O)N2CCN(CCO)C3CS(=O)(=O)CC32)c1. The fourth-order valence-electron chi connectivity index (χ4n) is 3.80. The van der Waals surface area contributed by atoms with E-state index in [4.69, 9.17) is 4.74 Å². The van der Waals surface area contributed by atoms with Crippen molar-refractivity contribution in [3.63, 3.8) is 0 Å². The van der Waals surface area contributed by atoms with Crippen molar-refractivity contribution in [1.29, 1.82) is 0 Å². The maximum Gasteiger partial charge on any atom is 0.227 e. The third-order valence-corrected chi connectivity index (χ3v) is 6.69. The molecule has 8 heteroatoms. The van der Waals surface area contributed by atoms with Gasteiger partial charge in [-0.1, -0.05) is 12.1 Å². The number of ether oxygens (including phenoxy) is 1. The largest absolute Gasteiger partial charge is 0.497 e. The standard InChI is InChI=1S/C17H24N2O5S/c1-24-14-4-2-3-13(9-14)10-17(21)19-6-5-18(7-8-20)15-11-25(22,23)12-16(15)19/h2-4,9,15-16,20H,5-8,10-12H2,1H3. The second kappa shape index (κ2) is 7.31. The molecule has 2 heterocycles. The van der Waals surface area contributed by atoms with E-state index in [2.05, 4.69) is 0 Å². The number of aliphatic hydroxyl groups is 1. The topological polar surface area (TPSA) is 87.2 Å². The number of carbonyl (C=O) groups excluding carboxylic acids is 1. The zero-order valence-electron chi connectivity index (χ0n) is 14.3. The van der Waals surface area contributed by atoms with Gasteiger partial charge in [-0.2, -0.15) is 0 Å². The Hall–Kier alpha value is -1.64. The summed E-state index contributed by atoms with van der Waals surface area (Å²) in [5.74, 6) is 0.688. The van der Waals surface area contributed by atoms with Gasteiger partial charge in [0, 0.05) is 25.7 Å². The highest BCUT2D eigenvalue weighted by atomic mass is 32.2. The molecule has 2 aliphatic rings. The van der Waals surface area contributed by atoms with Gasteiger partial charge in [0.1, 0.15) is 5.75 Å². The first kappa shape index (κ1) is 18.2. The average molecular weight is 368 g/mol. The van der Waals surface area contributed by atoms with Crippen LogP contribution in [0.25, 0.3) is 0 Å². The van der Waals surface area contributed by atoms with E-state index < -0.39 is 9.84 Å². The minimum absolute atomic E-state index is 0.00342. The summed E-state index contributed by atoms with van der Waals surface area (Å²) in [6.07, 6.45) is 0.223. The molecule has 1 amide bonds. The molecule has 1 aromatic carbocycles. The van der Waals surface area contributed by atoms with E-state index in [9.17, 15) is 18.3 Å². The zero-order valence-corrected chi connectivity index (χ0v) is 15.1. The number of aliphatic hydroxyl groups excluding tert-OH is 1. The summed E-state index contributed by atoms with van der Waals surface area (Å²) in [5, 5.41) is 9.20. The van der Waals surface area contributed by atoms with E-state index in [1.807, 2.05) is 29.2 Å². The van der Waals surface area contributed by atoms with Gasteiger partial charge in [0.25, 0.3) is 0 Å². The minimum Gasteiger partial charge on any atom is -0.497 e. The van der Waals surface area contributed by atoms with Crippen molar-refractivity contribution < 1.29 is 23.1 Å². The molecule has 7 nitrogen and oxygen atoms in total. The molecule has 0 bridgehead atoms. The number of methoxy groups -OCH3 is 1. The number of sulfone groups is 1. The maximum atomic E-state index is 12.8. The quantitative estimate of drug-likeness (QED) is 0.757. The number of amides is 1. The predicted octanol–water partition coefficient (Wildman–Crippen LogP) is -0.460. The summed E-state index contributed by atoms with van der Waals surface area (Å²) < 4.78 is 29.4. The lowest BCUT2D eigenvalue weighted by atomic mass is 10.0. The van der Waals surface area contributed by atoms with Crippen LogP contribution in [0.3, 0.4) is 0 Å². The molecule has 25 heavy (non-hydrogen) atoms. The number of carbonyl (C=O) groups is 1. The lowest BCUT2D eigenvalue weighted by molar-refractivity contribution is -0.136. The highest BCUT2D eigenvalue weighted by Gasteiger charge is 2.47. The maximum absolute atomic E-state index is 12.8. The highest BCUT2D eigenvalue weighted by molar-refractivity contribution is 7.91. The predicted molar refractivity (Wildman–Crippen MR) is 93.3 cm³/mol. The summed E-state index contributed by atoms with van der Waals surface area (Å²) in [6, 6.07) is 6.79. The molecule has 1 N–H and O–H groups in total. The average Bonchev–Trinajstić information content (AvgIpc) is 2.90. The minimum atomic E-state index is -3.17. The fraction of sp³-hybridized carbons (Fsp3) is 0.588. The lowest BCUT2D eigenvalue weighted by Crippen LogP contribution is -2.61. The Kier molecular flexibility index (Phi) is 5.31. The van der Waals surface area contributed by atoms with Crippen molar-refractivity contribution >= 4 is 15.7 Å². The number of hydrogen-bond acceptors (Lipinski definition) is 6. The number of β-amino-alcohol motifs (C(OH)–C–C–N with tert-alkyl or cyclic N) is 1. The van der Waals surface area contributed by atoms with Crippen LogP contribution >= 0.6 is 0 Å². The van der Waals surface area contributed by atoms with Gasteiger partial charge in [-0.25, -0.2) is 8.42 Å². The van der Waals surface area contributed by atoms with Crippen LogP contribution in [-0.2, 0) is 21.1 Å². The van der Waals surface area contributed by atoms with E-state index in [-0.39, 0.29) is 42.5 Å². The molecule has 138 valence electrons. The second-order valence-corrected chi connectivity index (χ2v) is 8.74. The Morgan fingerprint density at radius 3 is 2.76 bits per heavy atom. The molecule has 0 aliphatic carbocycles. The van der Waals surface area contributed by atoms with Crippen LogP contribution in [0.1, 0.15) is 5.56 Å². The lowest BCUT2D eigenvalue weighted by Gasteiger charge is -2.43. The van der Waals surface area contributed by atoms with Crippen molar-refractivity contribution in [2.24, 2.45) is 0 Å². The smallest absolute Gasteiger partial charge is 0.227 e. The van der Waals surface area contributed by atoms with Gasteiger partial charge >= 0.3 is 0 Å². The number of benzene rings is 1. The van der Waals surface area contributed by atoms with Crippen LogP contribution < -0.4 is 4.74 Å². The molecule has 2 aliphatic heterocycles. The van der Waals surface area contributed by atoms with Crippen molar-refractivity contribution in [1.82, 2.24) is 9.80 Å². The van der Waals surface area contributed by atoms with Crippen molar-refractivity contribution in [3.8, 4) is 5.75 Å². The van der Waals surface area contributed by atoms with Gasteiger partial charge in [0.15, 0.2) is 9.84 Å². The van der Waals surface area contributed by atoms with Gasteiger partial charge in [0.05, 0.1) is 37.7 Å². The van der Waals surface area contributed by atoms with E-state index in [1.54, 1.807) is 12.0 Å². The van der Waals surface area contributed by atoms with Crippen molar-refractivity contribution in [2.75, 3.05) is 44.9 Å². The van der Waals surface area contributed by atoms with Crippen molar-refractivity contribution in [2.45, 2.75) is 18.5 Å². The van der Waals surface area contributed by atoms with Gasteiger partial charge in [0.2, 0.25) is 5.91 Å². The van der Waals surface area contributed by atoms with E-state index >= 15 is 0 Å². The number of piperazine rings is 1. The van der Waals surface area contributed by atoms with Gasteiger partial charge < -0.3 is 14.7 Å². The number of hydrogen-bond donors (Lipinski definition) is 1. The Morgan fingerprint density at radius 2 is 2.04 bits per heavy atom. The van der Waals surface area contributed by atoms with E-state index in [0.29, 0.717) is 25.4 Å². The number of rotatable bonds is 5. The normalized spacial score (nSPS) is 25.6. The number of fused-ring (bicyclic) bond motifs is 1. The number of nitrogens with zero attached hydrogens (tertiary/aromatic N) is 2. The summed E-state index contributed by atoms with van der Waals surface area (Å²) in [7, 11) is -1.59. The molecule has 2 fully saturated rings. The summed E-state index contributed by atoms with van der Waals surface area (Å²) in [4.78, 5) is 16.5. The molecule has 0 aromatic heterocycles. The third kappa shape index (κ3) is 3.96. The van der Waals surface area contributed by atoms with Crippen LogP contribution in [0, 0.1) is 0 Å². The van der Waals surface area contributed by atoms with Crippen LogP contribution in [0.5, 0.6) is 5.75 Å². The van der Waals surface area contributed by atoms with E-state index in [0.717, 1.165) is 5.56 Å². The first-order chi connectivity index (χ1) is 11.9. The highest BCUT2D eigenvalue weighted by Crippen LogP contribution is 2.27. The molecule has 2 saturated heterocycles. The Bertz CT molecular complexity index is 736. The molecular formula is C17H24N2O5S. The molecule has 2 unspecified atom stereocenters. The van der Waals surface area contributed by atoms with Gasteiger partial charge in [-0.15, -0.1) is 0 Å². The molecule has 0 spiro atoms. The van der Waals surface area contributed by atoms with E-state index in [1.165, 1.54) is 0 Å². The molecular weight excluding hydrogens is 344 g/mol. The molecule has 3 rings (SSSR count). The van der Waals surface area contributed by atoms with Crippen molar-refractivity contribution in [3.05, 3.63) is 29.8 Å². The monoisotopic (exact) mass is 368 g/mol. The fourth-order valence-corrected chi connectivity index (χ4v) is 5.81. The Balaban J connectivity index is 1.76. The molecule has 2 atom stereocenters. The van der Waals surface area contributed by atoms with Crippen LogP contribution in [0.15, 0.2) is 24.3 Å². The Morgan fingerprint density at radius 1 is 1.28 bits per heavy atom. The molecule has 0 saturated carbocycles. The zero-order chi connectivity index (χ0) is 18.0. The van der Waals surface area contributed by atoms with Gasteiger partial charge in [-0.05, 0) is 17.7 Å². The summed E-state index contributed by atoms with van der Waals surface area (Å²) >= 11 is 0. The first-order valence-electron chi connectivity index (χ1n) is 8.41. The molecule has 0 radical (unpaired) electrons. The van der Waals surface area contributed by atoms with Gasteiger partial charge in [-0.3, -0.25) is 9.69 Å². The van der Waals surface area contributed by atoms with Crippen LogP contribution in [-0.4, -0.2) is 86.2 Å². The Labute approximate surface area is 148 Å². The summed E-state index contributed by atoms with van der Waals surface area (Å²) in [5.41, 5.74) is 0.847. The second-order valence-electron chi connectivity index (χ2n) is 6.59. The molecule has 1 aromatic rings. The third-order valence-electron chi connectivity index (χ3n) is 4.99. The van der Waals surface area contributed by atoms with Crippen LogP contribution in [0.4, 0.5) is 0 Å². The summed E-state index contributed by atoms with van der Waals surface area (Å²) in [6.45, 7) is 1.50. The first-order valence-corrected chi connectivity index (χ1v) is 10.2.